The normalized spacial score (nSPS) is 10.0. The van der Waals surface area contributed by atoms with Crippen LogP contribution in [0.25, 0.3) is 0 Å². The van der Waals surface area contributed by atoms with Crippen LogP contribution in [-0.2, 0) is 9.59 Å². The summed E-state index contributed by atoms with van der Waals surface area (Å²) in [5.74, 6) is -0.638. The summed E-state index contributed by atoms with van der Waals surface area (Å²) in [5, 5.41) is 5.49. The lowest BCUT2D eigenvalue weighted by Gasteiger charge is -2.17. The quantitative estimate of drug-likeness (QED) is 0.747. The van der Waals surface area contributed by atoms with Crippen LogP contribution in [0.3, 0.4) is 0 Å². The van der Waals surface area contributed by atoms with Gasteiger partial charge in [0.15, 0.2) is 0 Å². The van der Waals surface area contributed by atoms with Crippen molar-refractivity contribution < 1.29 is 19.1 Å². The first kappa shape index (κ1) is 20.2. The molecule has 0 aliphatic carbocycles. The van der Waals surface area contributed by atoms with Gasteiger partial charge in [0.1, 0.15) is 11.4 Å². The SMILES string of the molecule is COc1ccc(NC(=O)CN(C)C(=O)CNC(=O)c2cc(Cl)ccn2)cc1. The largest absolute Gasteiger partial charge is 0.497 e. The number of ether oxygens (including phenoxy) is 1. The molecule has 2 N–H and O–H groups in total. The van der Waals surface area contributed by atoms with E-state index in [0.717, 1.165) is 0 Å². The molecule has 9 heteroatoms. The first-order valence-corrected chi connectivity index (χ1v) is 8.34. The molecule has 0 spiro atoms. The minimum atomic E-state index is -0.526. The first-order chi connectivity index (χ1) is 12.9. The fourth-order valence-electron chi connectivity index (χ4n) is 2.09. The summed E-state index contributed by atoms with van der Waals surface area (Å²) in [6.07, 6.45) is 1.40. The molecule has 0 unspecified atom stereocenters. The third kappa shape index (κ3) is 6.27. The summed E-state index contributed by atoms with van der Waals surface area (Å²) in [4.78, 5) is 41.2. The van der Waals surface area contributed by atoms with Crippen LogP contribution < -0.4 is 15.4 Å². The molecule has 1 aromatic carbocycles. The Balaban J connectivity index is 1.80. The van der Waals surface area contributed by atoms with Gasteiger partial charge in [0.05, 0.1) is 20.2 Å². The number of carbonyl (C=O) groups is 3. The maximum Gasteiger partial charge on any atom is 0.270 e. The molecule has 0 radical (unpaired) electrons. The molecule has 1 heterocycles. The Kier molecular flexibility index (Phi) is 7.13. The highest BCUT2D eigenvalue weighted by Crippen LogP contribution is 2.14. The number of nitrogens with one attached hydrogen (secondary N) is 2. The van der Waals surface area contributed by atoms with E-state index in [1.165, 1.54) is 24.2 Å². The highest BCUT2D eigenvalue weighted by molar-refractivity contribution is 6.30. The Morgan fingerprint density at radius 3 is 2.52 bits per heavy atom. The van der Waals surface area contributed by atoms with Crippen molar-refractivity contribution in [2.45, 2.75) is 0 Å². The van der Waals surface area contributed by atoms with Gasteiger partial charge >= 0.3 is 0 Å². The van der Waals surface area contributed by atoms with Crippen LogP contribution in [0.5, 0.6) is 5.75 Å². The highest BCUT2D eigenvalue weighted by atomic mass is 35.5. The van der Waals surface area contributed by atoms with Crippen molar-refractivity contribution in [3.05, 3.63) is 53.3 Å². The van der Waals surface area contributed by atoms with Crippen LogP contribution in [0.2, 0.25) is 5.02 Å². The lowest BCUT2D eigenvalue weighted by atomic mass is 10.3. The van der Waals surface area contributed by atoms with E-state index in [4.69, 9.17) is 16.3 Å². The molecule has 0 bridgehead atoms. The van der Waals surface area contributed by atoms with Crippen LogP contribution >= 0.6 is 11.6 Å². The molecule has 8 nitrogen and oxygen atoms in total. The van der Waals surface area contributed by atoms with Gasteiger partial charge in [0.2, 0.25) is 11.8 Å². The Morgan fingerprint density at radius 1 is 1.19 bits per heavy atom. The van der Waals surface area contributed by atoms with Crippen molar-refractivity contribution >= 4 is 35.0 Å². The Hall–Kier alpha value is -3.13. The van der Waals surface area contributed by atoms with E-state index < -0.39 is 11.8 Å². The second kappa shape index (κ2) is 9.54. The number of anilines is 1. The fraction of sp³-hybridized carbons (Fsp3) is 0.222. The molecule has 142 valence electrons. The minimum Gasteiger partial charge on any atom is -0.497 e. The van der Waals surface area contributed by atoms with Crippen molar-refractivity contribution in [3.8, 4) is 5.75 Å². The van der Waals surface area contributed by atoms with Crippen LogP contribution in [0.4, 0.5) is 5.69 Å². The Labute approximate surface area is 161 Å². The average Bonchev–Trinajstić information content (AvgIpc) is 2.66. The maximum absolute atomic E-state index is 12.1. The number of aromatic nitrogens is 1. The molecular formula is C18H19ClN4O4. The van der Waals surface area contributed by atoms with Gasteiger partial charge in [-0.05, 0) is 36.4 Å². The molecule has 27 heavy (non-hydrogen) atoms. The lowest BCUT2D eigenvalue weighted by Crippen LogP contribution is -2.41. The lowest BCUT2D eigenvalue weighted by molar-refractivity contribution is -0.132. The summed E-state index contributed by atoms with van der Waals surface area (Å²) < 4.78 is 5.04. The average molecular weight is 391 g/mol. The number of carbonyl (C=O) groups excluding carboxylic acids is 3. The Bertz CT molecular complexity index is 826. The monoisotopic (exact) mass is 390 g/mol. The van der Waals surface area contributed by atoms with Gasteiger partial charge < -0.3 is 20.3 Å². The number of hydrogen-bond donors (Lipinski definition) is 2. The molecule has 2 rings (SSSR count). The number of likely N-dealkylation sites (N-methyl/N-ethyl adjacent to an activating group) is 1. The van der Waals surface area contributed by atoms with Crippen molar-refractivity contribution in [2.75, 3.05) is 32.6 Å². The van der Waals surface area contributed by atoms with Crippen LogP contribution in [0.15, 0.2) is 42.6 Å². The highest BCUT2D eigenvalue weighted by Gasteiger charge is 2.15. The van der Waals surface area contributed by atoms with Crippen LogP contribution in [-0.4, -0.2) is 54.9 Å². The molecule has 0 atom stereocenters. The number of amides is 3. The first-order valence-electron chi connectivity index (χ1n) is 7.96. The summed E-state index contributed by atoms with van der Waals surface area (Å²) in [7, 11) is 3.02. The molecule has 0 fully saturated rings. The summed E-state index contributed by atoms with van der Waals surface area (Å²) in [5.41, 5.74) is 0.692. The van der Waals surface area contributed by atoms with Crippen molar-refractivity contribution in [1.29, 1.82) is 0 Å². The second-order valence-electron chi connectivity index (χ2n) is 5.57. The number of hydrogen-bond acceptors (Lipinski definition) is 5. The van der Waals surface area contributed by atoms with E-state index in [1.54, 1.807) is 37.4 Å². The molecule has 0 saturated carbocycles. The fourth-order valence-corrected chi connectivity index (χ4v) is 2.25. The molecule has 2 aromatic rings. The third-order valence-electron chi connectivity index (χ3n) is 3.54. The van der Waals surface area contributed by atoms with Gasteiger partial charge in [-0.15, -0.1) is 0 Å². The van der Waals surface area contributed by atoms with Crippen LogP contribution in [0.1, 0.15) is 10.5 Å². The third-order valence-corrected chi connectivity index (χ3v) is 3.77. The smallest absolute Gasteiger partial charge is 0.270 e. The van der Waals surface area contributed by atoms with Gasteiger partial charge in [0.25, 0.3) is 5.91 Å². The number of pyridine rings is 1. The van der Waals surface area contributed by atoms with Gasteiger partial charge in [-0.1, -0.05) is 11.6 Å². The standard InChI is InChI=1S/C18H19ClN4O4/c1-23(11-16(24)22-13-3-5-14(27-2)6-4-13)17(25)10-21-18(26)15-9-12(19)7-8-20-15/h3-9H,10-11H2,1-2H3,(H,21,26)(H,22,24). The van der Waals surface area contributed by atoms with E-state index in [2.05, 4.69) is 15.6 Å². The van der Waals surface area contributed by atoms with Crippen molar-refractivity contribution in [1.82, 2.24) is 15.2 Å². The number of halogens is 1. The maximum atomic E-state index is 12.1. The molecular weight excluding hydrogens is 372 g/mol. The van der Waals surface area contributed by atoms with Crippen molar-refractivity contribution in [2.24, 2.45) is 0 Å². The summed E-state index contributed by atoms with van der Waals surface area (Å²) >= 11 is 5.80. The van der Waals surface area contributed by atoms with E-state index in [9.17, 15) is 14.4 Å². The van der Waals surface area contributed by atoms with Gasteiger partial charge in [-0.25, -0.2) is 0 Å². The summed E-state index contributed by atoms with van der Waals surface area (Å²) in [6.45, 7) is -0.421. The molecule has 3 amide bonds. The number of nitrogens with zero attached hydrogens (tertiary/aromatic N) is 2. The zero-order valence-corrected chi connectivity index (χ0v) is 15.6. The predicted molar refractivity (Wildman–Crippen MR) is 101 cm³/mol. The van der Waals surface area contributed by atoms with E-state index in [1.807, 2.05) is 0 Å². The molecule has 0 aliphatic rings. The van der Waals surface area contributed by atoms with E-state index in [-0.39, 0.29) is 24.7 Å². The van der Waals surface area contributed by atoms with Gasteiger partial charge in [0, 0.05) is 24.0 Å². The van der Waals surface area contributed by atoms with Crippen LogP contribution in [0, 0.1) is 0 Å². The molecule has 0 aliphatic heterocycles. The van der Waals surface area contributed by atoms with Gasteiger partial charge in [-0.3, -0.25) is 19.4 Å². The number of rotatable bonds is 7. The Morgan fingerprint density at radius 2 is 1.89 bits per heavy atom. The van der Waals surface area contributed by atoms with Crippen molar-refractivity contribution in [3.63, 3.8) is 0 Å². The zero-order valence-electron chi connectivity index (χ0n) is 14.9. The number of benzene rings is 1. The number of methoxy groups -OCH3 is 1. The minimum absolute atomic E-state index is 0.107. The predicted octanol–water partition coefficient (Wildman–Crippen LogP) is 1.57. The topological polar surface area (TPSA) is 101 Å². The second-order valence-corrected chi connectivity index (χ2v) is 6.00. The van der Waals surface area contributed by atoms with E-state index in [0.29, 0.717) is 16.5 Å². The summed E-state index contributed by atoms with van der Waals surface area (Å²) in [6, 6.07) is 9.74. The molecule has 1 aromatic heterocycles. The zero-order chi connectivity index (χ0) is 19.8. The van der Waals surface area contributed by atoms with Gasteiger partial charge in [-0.2, -0.15) is 0 Å². The molecule has 0 saturated heterocycles. The van der Waals surface area contributed by atoms with E-state index >= 15 is 0 Å².